The molecule has 0 aliphatic carbocycles. The van der Waals surface area contributed by atoms with Crippen LogP contribution in [0.1, 0.15) is 38.8 Å². The smallest absolute Gasteiger partial charge is 0.326 e. The Kier molecular flexibility index (Phi) is 8.50. The van der Waals surface area contributed by atoms with Gasteiger partial charge in [-0.3, -0.25) is 9.69 Å². The van der Waals surface area contributed by atoms with Gasteiger partial charge in [-0.2, -0.15) is 0 Å². The number of nitrogens with zero attached hydrogens (tertiary/aromatic N) is 1. The molecule has 3 rings (SSSR count). The molecule has 188 valence electrons. The Morgan fingerprint density at radius 2 is 1.91 bits per heavy atom. The predicted molar refractivity (Wildman–Crippen MR) is 145 cm³/mol. The maximum atomic E-state index is 13.4. The molecule has 0 aromatic heterocycles. The summed E-state index contributed by atoms with van der Waals surface area (Å²) >= 11 is 9.87. The molecule has 2 aromatic rings. The van der Waals surface area contributed by atoms with Crippen molar-refractivity contribution in [2.45, 2.75) is 57.4 Å². The van der Waals surface area contributed by atoms with Crippen LogP contribution in [0.5, 0.6) is 5.75 Å². The molecule has 1 aliphatic heterocycles. The number of rotatable bonds is 6. The number of halogens is 3. The molecule has 2 amide bonds. The fraction of sp³-hybridized carbons (Fsp3) is 0.385. The van der Waals surface area contributed by atoms with Crippen LogP contribution in [0.4, 0.5) is 14.9 Å². The van der Waals surface area contributed by atoms with Crippen LogP contribution in [0, 0.1) is 5.82 Å². The van der Waals surface area contributed by atoms with E-state index in [4.69, 9.17) is 16.3 Å². The SMILES string of the molecule is CC(C)(C)[Si](C)(C)CCOc1cc(NC(=O)N2C=CC(=O)C[C@H]2c2ccc(F)cc2)c(Br)cc1Cl. The molecule has 0 saturated heterocycles. The topological polar surface area (TPSA) is 58.6 Å². The number of carbonyl (C=O) groups is 2. The van der Waals surface area contributed by atoms with E-state index in [0.29, 0.717) is 33.1 Å². The van der Waals surface area contributed by atoms with E-state index in [1.165, 1.54) is 29.3 Å². The molecule has 0 fully saturated rings. The highest BCUT2D eigenvalue weighted by molar-refractivity contribution is 9.10. The zero-order valence-electron chi connectivity index (χ0n) is 20.6. The number of hydrogen-bond donors (Lipinski definition) is 1. The number of nitrogens with one attached hydrogen (secondary N) is 1. The summed E-state index contributed by atoms with van der Waals surface area (Å²) in [6.45, 7) is 12.0. The van der Waals surface area contributed by atoms with E-state index in [0.717, 1.165) is 6.04 Å². The number of anilines is 1. The van der Waals surface area contributed by atoms with Gasteiger partial charge in [0.25, 0.3) is 0 Å². The number of hydrogen-bond acceptors (Lipinski definition) is 3. The number of benzene rings is 2. The monoisotopic (exact) mass is 580 g/mol. The van der Waals surface area contributed by atoms with Gasteiger partial charge < -0.3 is 10.1 Å². The summed E-state index contributed by atoms with van der Waals surface area (Å²) in [5.74, 6) is 0.00500. The first-order valence-corrected chi connectivity index (χ1v) is 15.8. The van der Waals surface area contributed by atoms with E-state index in [-0.39, 0.29) is 23.1 Å². The van der Waals surface area contributed by atoms with E-state index in [1.54, 1.807) is 24.3 Å². The fourth-order valence-corrected chi connectivity index (χ4v) is 5.66. The van der Waals surface area contributed by atoms with Crippen LogP contribution in [0.15, 0.2) is 53.1 Å². The summed E-state index contributed by atoms with van der Waals surface area (Å²) in [7, 11) is -1.51. The third-order valence-electron chi connectivity index (χ3n) is 6.92. The Bertz CT molecular complexity index is 1130. The minimum atomic E-state index is -1.51. The average Bonchev–Trinajstić information content (AvgIpc) is 2.76. The van der Waals surface area contributed by atoms with Crippen LogP contribution < -0.4 is 10.1 Å². The average molecular weight is 582 g/mol. The standard InChI is InChI=1S/C26H31BrClFN2O3Si/c1-26(2,3)35(4,5)13-12-34-24-16-22(20(27)15-21(24)28)30-25(33)31-11-10-19(32)14-23(31)17-6-8-18(29)9-7-17/h6-11,15-16,23H,12-14H2,1-5H3,(H,30,33)/t23-/m0/s1. The Balaban J connectivity index is 1.77. The highest BCUT2D eigenvalue weighted by Gasteiger charge is 2.34. The van der Waals surface area contributed by atoms with Crippen LogP contribution in [0.3, 0.4) is 0 Å². The quantitative estimate of drug-likeness (QED) is 0.350. The van der Waals surface area contributed by atoms with Crippen LogP contribution in [0.25, 0.3) is 0 Å². The summed E-state index contributed by atoms with van der Waals surface area (Å²) in [5.41, 5.74) is 1.16. The number of allylic oxidation sites excluding steroid dienone is 1. The van der Waals surface area contributed by atoms with Crippen molar-refractivity contribution in [3.8, 4) is 5.75 Å². The lowest BCUT2D eigenvalue weighted by atomic mass is 9.97. The van der Waals surface area contributed by atoms with Gasteiger partial charge in [-0.05, 0) is 56.9 Å². The van der Waals surface area contributed by atoms with Gasteiger partial charge in [0.05, 0.1) is 31.4 Å². The van der Waals surface area contributed by atoms with Crippen LogP contribution in [-0.2, 0) is 4.79 Å². The minimum Gasteiger partial charge on any atom is -0.492 e. The van der Waals surface area contributed by atoms with Gasteiger partial charge in [-0.25, -0.2) is 9.18 Å². The lowest BCUT2D eigenvalue weighted by Gasteiger charge is -2.36. The second-order valence-electron chi connectivity index (χ2n) is 10.4. The lowest BCUT2D eigenvalue weighted by molar-refractivity contribution is -0.116. The lowest BCUT2D eigenvalue weighted by Crippen LogP contribution is -2.38. The molecule has 5 nitrogen and oxygen atoms in total. The minimum absolute atomic E-state index is 0.103. The molecule has 2 aromatic carbocycles. The van der Waals surface area contributed by atoms with E-state index in [1.807, 2.05) is 0 Å². The van der Waals surface area contributed by atoms with Crippen LogP contribution >= 0.6 is 27.5 Å². The zero-order valence-corrected chi connectivity index (χ0v) is 24.0. The Labute approximate surface area is 220 Å². The molecule has 0 bridgehead atoms. The first kappa shape index (κ1) is 27.4. The van der Waals surface area contributed by atoms with Crippen LogP contribution in [-0.4, -0.2) is 31.4 Å². The van der Waals surface area contributed by atoms with Gasteiger partial charge in [-0.15, -0.1) is 0 Å². The van der Waals surface area contributed by atoms with Gasteiger partial charge in [-0.1, -0.05) is 57.6 Å². The van der Waals surface area contributed by atoms with Gasteiger partial charge in [0.1, 0.15) is 11.6 Å². The molecule has 0 unspecified atom stereocenters. The van der Waals surface area contributed by atoms with E-state index >= 15 is 0 Å². The van der Waals surface area contributed by atoms with Crippen molar-refractivity contribution < 1.29 is 18.7 Å². The fourth-order valence-electron chi connectivity index (χ4n) is 3.50. The zero-order chi connectivity index (χ0) is 26.0. The summed E-state index contributed by atoms with van der Waals surface area (Å²) in [5, 5.41) is 3.57. The predicted octanol–water partition coefficient (Wildman–Crippen LogP) is 8.19. The van der Waals surface area contributed by atoms with Crippen molar-refractivity contribution in [1.29, 1.82) is 0 Å². The van der Waals surface area contributed by atoms with Crippen molar-refractivity contribution in [2.24, 2.45) is 0 Å². The first-order chi connectivity index (χ1) is 16.3. The molecule has 9 heteroatoms. The van der Waals surface area contributed by atoms with Gasteiger partial charge >= 0.3 is 6.03 Å². The molecular weight excluding hydrogens is 551 g/mol. The van der Waals surface area contributed by atoms with E-state index in [2.05, 4.69) is 55.1 Å². The summed E-state index contributed by atoms with van der Waals surface area (Å²) in [4.78, 5) is 26.7. The van der Waals surface area contributed by atoms with Crippen molar-refractivity contribution in [3.63, 3.8) is 0 Å². The maximum Gasteiger partial charge on any atom is 0.326 e. The molecule has 35 heavy (non-hydrogen) atoms. The largest absolute Gasteiger partial charge is 0.492 e. The molecule has 1 aliphatic rings. The number of amides is 2. The highest BCUT2D eigenvalue weighted by Crippen LogP contribution is 2.40. The third kappa shape index (κ3) is 6.74. The summed E-state index contributed by atoms with van der Waals surface area (Å²) in [6, 6.07) is 9.18. The first-order valence-electron chi connectivity index (χ1n) is 11.5. The molecular formula is C26H31BrClFN2O3Si. The molecule has 1 N–H and O–H groups in total. The van der Waals surface area contributed by atoms with E-state index < -0.39 is 20.1 Å². The second-order valence-corrected chi connectivity index (χ2v) is 17.4. The molecule has 0 radical (unpaired) electrons. The van der Waals surface area contributed by atoms with Gasteiger partial charge in [0.2, 0.25) is 0 Å². The van der Waals surface area contributed by atoms with Gasteiger partial charge in [0.15, 0.2) is 5.78 Å². The Hall–Kier alpha value is -2.16. The van der Waals surface area contributed by atoms with Crippen molar-refractivity contribution in [3.05, 3.63) is 69.6 Å². The normalized spacial score (nSPS) is 16.4. The summed E-state index contributed by atoms with van der Waals surface area (Å²) in [6.07, 6.45) is 2.93. The Morgan fingerprint density at radius 3 is 2.54 bits per heavy atom. The number of urea groups is 1. The van der Waals surface area contributed by atoms with E-state index in [9.17, 15) is 14.0 Å². The number of ketones is 1. The molecule has 0 saturated carbocycles. The van der Waals surface area contributed by atoms with Crippen LogP contribution in [0.2, 0.25) is 29.2 Å². The number of ether oxygens (including phenoxy) is 1. The molecule has 0 spiro atoms. The maximum absolute atomic E-state index is 13.4. The number of carbonyl (C=O) groups excluding carboxylic acids is 2. The third-order valence-corrected chi connectivity index (χ3v) is 13.4. The summed E-state index contributed by atoms with van der Waals surface area (Å²) < 4.78 is 20.0. The molecule has 1 heterocycles. The van der Waals surface area contributed by atoms with Gasteiger partial charge in [0, 0.05) is 23.2 Å². The van der Waals surface area contributed by atoms with Crippen molar-refractivity contribution in [2.75, 3.05) is 11.9 Å². The second kappa shape index (κ2) is 10.8. The molecule has 1 atom stereocenters. The van der Waals surface area contributed by atoms with Crippen molar-refractivity contribution in [1.82, 2.24) is 4.90 Å². The van der Waals surface area contributed by atoms with Crippen molar-refractivity contribution >= 4 is 53.1 Å². The Morgan fingerprint density at radius 1 is 1.26 bits per heavy atom. The highest BCUT2D eigenvalue weighted by atomic mass is 79.9.